The predicted molar refractivity (Wildman–Crippen MR) is 109 cm³/mol. The van der Waals surface area contributed by atoms with E-state index in [0.717, 1.165) is 15.5 Å². The molecule has 2 aromatic heterocycles. The molecular formula is C21H17NO2S2. The van der Waals surface area contributed by atoms with E-state index in [-0.39, 0.29) is 5.91 Å². The first-order valence-corrected chi connectivity index (χ1v) is 10.0. The van der Waals surface area contributed by atoms with Crippen LogP contribution < -0.4 is 10.1 Å². The van der Waals surface area contributed by atoms with Crippen molar-refractivity contribution < 1.29 is 9.53 Å². The Morgan fingerprint density at radius 3 is 2.65 bits per heavy atom. The largest absolute Gasteiger partial charge is 0.492 e. The van der Waals surface area contributed by atoms with Crippen molar-refractivity contribution in [2.75, 3.05) is 13.2 Å². The molecule has 0 spiro atoms. The number of ether oxygens (including phenoxy) is 1. The minimum Gasteiger partial charge on any atom is -0.492 e. The molecule has 0 fully saturated rings. The minimum atomic E-state index is -0.0579. The molecular weight excluding hydrogens is 362 g/mol. The van der Waals surface area contributed by atoms with Crippen LogP contribution in [-0.2, 0) is 0 Å². The van der Waals surface area contributed by atoms with Crippen LogP contribution >= 0.6 is 22.7 Å². The number of fused-ring (bicyclic) bond motifs is 1. The molecule has 0 atom stereocenters. The van der Waals surface area contributed by atoms with Gasteiger partial charge in [-0.25, -0.2) is 0 Å². The average molecular weight is 380 g/mol. The van der Waals surface area contributed by atoms with E-state index in [4.69, 9.17) is 4.74 Å². The van der Waals surface area contributed by atoms with Crippen molar-refractivity contribution >= 4 is 38.7 Å². The van der Waals surface area contributed by atoms with Crippen molar-refractivity contribution in [1.82, 2.24) is 5.32 Å². The number of carbonyl (C=O) groups excluding carboxylic acids is 1. The number of rotatable bonds is 6. The number of para-hydroxylation sites is 1. The summed E-state index contributed by atoms with van der Waals surface area (Å²) < 4.78 is 6.86. The fourth-order valence-corrected chi connectivity index (χ4v) is 4.70. The van der Waals surface area contributed by atoms with E-state index in [1.165, 1.54) is 27.0 Å². The van der Waals surface area contributed by atoms with Gasteiger partial charge >= 0.3 is 0 Å². The lowest BCUT2D eigenvalue weighted by Gasteiger charge is -2.06. The lowest BCUT2D eigenvalue weighted by molar-refractivity contribution is 0.0951. The third-order valence-corrected chi connectivity index (χ3v) is 6.06. The maximum atomic E-state index is 12.3. The Kier molecular flexibility index (Phi) is 5.00. The number of benzene rings is 2. The van der Waals surface area contributed by atoms with Crippen LogP contribution in [0.25, 0.3) is 20.5 Å². The van der Waals surface area contributed by atoms with Crippen LogP contribution in [0.1, 0.15) is 9.67 Å². The second-order valence-corrected chi connectivity index (χ2v) is 7.72. The highest BCUT2D eigenvalue weighted by molar-refractivity contribution is 7.20. The minimum absolute atomic E-state index is 0.0579. The molecule has 5 heteroatoms. The summed E-state index contributed by atoms with van der Waals surface area (Å²) in [6, 6.07) is 21.9. The number of amides is 1. The number of nitrogens with one attached hydrogen (secondary N) is 1. The van der Waals surface area contributed by atoms with Crippen LogP contribution in [0.4, 0.5) is 0 Å². The summed E-state index contributed by atoms with van der Waals surface area (Å²) in [6.07, 6.45) is 0. The zero-order valence-electron chi connectivity index (χ0n) is 14.0. The summed E-state index contributed by atoms with van der Waals surface area (Å²) in [6.45, 7) is 0.922. The van der Waals surface area contributed by atoms with E-state index in [0.29, 0.717) is 13.2 Å². The molecule has 0 aliphatic heterocycles. The van der Waals surface area contributed by atoms with Crippen molar-refractivity contribution in [2.45, 2.75) is 0 Å². The first kappa shape index (κ1) is 16.8. The molecule has 2 aromatic carbocycles. The van der Waals surface area contributed by atoms with E-state index in [1.54, 1.807) is 11.3 Å². The van der Waals surface area contributed by atoms with Crippen molar-refractivity contribution in [2.24, 2.45) is 0 Å². The molecule has 0 radical (unpaired) electrons. The summed E-state index contributed by atoms with van der Waals surface area (Å²) in [4.78, 5) is 14.2. The summed E-state index contributed by atoms with van der Waals surface area (Å²) in [5.74, 6) is 0.752. The van der Waals surface area contributed by atoms with Crippen LogP contribution in [0.15, 0.2) is 72.1 Å². The van der Waals surface area contributed by atoms with Crippen LogP contribution in [-0.4, -0.2) is 19.1 Å². The highest BCUT2D eigenvalue weighted by Gasteiger charge is 2.12. The third kappa shape index (κ3) is 3.64. The molecule has 0 aliphatic carbocycles. The Labute approximate surface area is 159 Å². The van der Waals surface area contributed by atoms with Gasteiger partial charge in [0.25, 0.3) is 5.91 Å². The van der Waals surface area contributed by atoms with E-state index in [1.807, 2.05) is 54.6 Å². The maximum Gasteiger partial charge on any atom is 0.261 e. The molecule has 0 bridgehead atoms. The smallest absolute Gasteiger partial charge is 0.261 e. The van der Waals surface area contributed by atoms with E-state index < -0.39 is 0 Å². The second-order valence-electron chi connectivity index (χ2n) is 5.73. The first-order valence-electron chi connectivity index (χ1n) is 8.34. The highest BCUT2D eigenvalue weighted by atomic mass is 32.1. The van der Waals surface area contributed by atoms with Crippen molar-refractivity contribution in [3.05, 3.63) is 77.0 Å². The monoisotopic (exact) mass is 379 g/mol. The standard InChI is InChI=1S/C21H17NO2S2/c23-21(22-12-13-24-15-6-2-1-3-7-15)20-11-10-19(26-20)17-14-25-18-9-5-4-8-16(17)18/h1-11,14H,12-13H2,(H,22,23). The first-order chi connectivity index (χ1) is 12.8. The zero-order valence-corrected chi connectivity index (χ0v) is 15.6. The van der Waals surface area contributed by atoms with Crippen LogP contribution in [0.3, 0.4) is 0 Å². The number of hydrogen-bond acceptors (Lipinski definition) is 4. The molecule has 0 saturated carbocycles. The van der Waals surface area contributed by atoms with Gasteiger partial charge in [0.2, 0.25) is 0 Å². The van der Waals surface area contributed by atoms with Gasteiger partial charge in [0.1, 0.15) is 12.4 Å². The van der Waals surface area contributed by atoms with E-state index >= 15 is 0 Å². The Hall–Kier alpha value is -2.63. The van der Waals surface area contributed by atoms with Crippen LogP contribution in [0.5, 0.6) is 5.75 Å². The SMILES string of the molecule is O=C(NCCOc1ccccc1)c1ccc(-c2csc3ccccc23)s1. The van der Waals surface area contributed by atoms with E-state index in [9.17, 15) is 4.79 Å². The van der Waals surface area contributed by atoms with Crippen LogP contribution in [0.2, 0.25) is 0 Å². The average Bonchev–Trinajstić information content (AvgIpc) is 3.33. The summed E-state index contributed by atoms with van der Waals surface area (Å²) in [5.41, 5.74) is 1.20. The molecule has 0 saturated heterocycles. The van der Waals surface area contributed by atoms with Gasteiger partial charge in [0.15, 0.2) is 0 Å². The van der Waals surface area contributed by atoms with Gasteiger partial charge in [0, 0.05) is 25.9 Å². The van der Waals surface area contributed by atoms with Crippen molar-refractivity contribution in [1.29, 1.82) is 0 Å². The fourth-order valence-electron chi connectivity index (χ4n) is 2.71. The van der Waals surface area contributed by atoms with Gasteiger partial charge in [0.05, 0.1) is 11.4 Å². The highest BCUT2D eigenvalue weighted by Crippen LogP contribution is 2.37. The fraction of sp³-hybridized carbons (Fsp3) is 0.0952. The van der Waals surface area contributed by atoms with Gasteiger partial charge in [-0.05, 0) is 30.3 Å². The molecule has 0 unspecified atom stereocenters. The quantitative estimate of drug-likeness (QED) is 0.453. The van der Waals surface area contributed by atoms with Gasteiger partial charge in [-0.3, -0.25) is 4.79 Å². The Morgan fingerprint density at radius 1 is 0.962 bits per heavy atom. The zero-order chi connectivity index (χ0) is 17.8. The Bertz CT molecular complexity index is 1020. The maximum absolute atomic E-state index is 12.3. The molecule has 2 heterocycles. The van der Waals surface area contributed by atoms with E-state index in [2.05, 4.69) is 22.8 Å². The van der Waals surface area contributed by atoms with Gasteiger partial charge in [-0.1, -0.05) is 36.4 Å². The molecule has 4 aromatic rings. The van der Waals surface area contributed by atoms with Crippen LogP contribution in [0, 0.1) is 0 Å². The number of hydrogen-bond donors (Lipinski definition) is 1. The topological polar surface area (TPSA) is 38.3 Å². The van der Waals surface area contributed by atoms with Crippen molar-refractivity contribution in [3.63, 3.8) is 0 Å². The molecule has 0 aliphatic rings. The van der Waals surface area contributed by atoms with Crippen molar-refractivity contribution in [3.8, 4) is 16.2 Å². The Balaban J connectivity index is 1.37. The molecule has 4 rings (SSSR count). The predicted octanol–water partition coefficient (Wildman–Crippen LogP) is 5.44. The lowest BCUT2D eigenvalue weighted by atomic mass is 10.1. The Morgan fingerprint density at radius 2 is 1.77 bits per heavy atom. The molecule has 26 heavy (non-hydrogen) atoms. The molecule has 130 valence electrons. The normalized spacial score (nSPS) is 10.8. The number of thiophene rings is 2. The lowest BCUT2D eigenvalue weighted by Crippen LogP contribution is -2.27. The molecule has 1 N–H and O–H groups in total. The van der Waals surface area contributed by atoms with Gasteiger partial charge < -0.3 is 10.1 Å². The van der Waals surface area contributed by atoms with Gasteiger partial charge in [-0.15, -0.1) is 22.7 Å². The third-order valence-electron chi connectivity index (χ3n) is 3.98. The second kappa shape index (κ2) is 7.72. The molecule has 3 nitrogen and oxygen atoms in total. The van der Waals surface area contributed by atoms with Gasteiger partial charge in [-0.2, -0.15) is 0 Å². The summed E-state index contributed by atoms with van der Waals surface area (Å²) in [5, 5.41) is 6.31. The summed E-state index contributed by atoms with van der Waals surface area (Å²) in [7, 11) is 0. The molecule has 1 amide bonds. The number of carbonyl (C=O) groups is 1. The summed E-state index contributed by atoms with van der Waals surface area (Å²) >= 11 is 3.25.